The Hall–Kier alpha value is -3.77. The van der Waals surface area contributed by atoms with E-state index < -0.39 is 11.9 Å². The normalized spacial score (nSPS) is 19.5. The number of anilines is 1. The van der Waals surface area contributed by atoms with Gasteiger partial charge in [-0.25, -0.2) is 9.59 Å². The van der Waals surface area contributed by atoms with Crippen molar-refractivity contribution in [3.8, 4) is 11.8 Å². The van der Waals surface area contributed by atoms with Gasteiger partial charge in [0, 0.05) is 62.3 Å². The molecule has 9 nitrogen and oxygen atoms in total. The number of hydrogen-bond donors (Lipinski definition) is 2. The number of pyridine rings is 1. The number of carboxylic acid groups (broad SMARTS) is 2. The molecular formula is C22H23N5O4. The zero-order valence-electron chi connectivity index (χ0n) is 16.9. The lowest BCUT2D eigenvalue weighted by Crippen LogP contribution is -2.38. The van der Waals surface area contributed by atoms with Gasteiger partial charge in [0.05, 0.1) is 0 Å². The molecule has 2 aromatic rings. The summed E-state index contributed by atoms with van der Waals surface area (Å²) in [6, 6.07) is 8.43. The number of aromatic nitrogens is 3. The van der Waals surface area contributed by atoms with Crippen LogP contribution in [0.3, 0.4) is 0 Å². The van der Waals surface area contributed by atoms with Crippen LogP contribution in [0.4, 0.5) is 5.82 Å². The Bertz CT molecular complexity index is 958. The third kappa shape index (κ3) is 6.90. The van der Waals surface area contributed by atoms with Crippen LogP contribution >= 0.6 is 0 Å². The Labute approximate surface area is 180 Å². The topological polar surface area (TPSA) is 120 Å². The minimum atomic E-state index is -1.26. The number of fused-ring (bicyclic) bond motifs is 4. The smallest absolute Gasteiger partial charge is 0.328 e. The summed E-state index contributed by atoms with van der Waals surface area (Å²) in [5, 5.41) is 24.3. The Kier molecular flexibility index (Phi) is 7.67. The summed E-state index contributed by atoms with van der Waals surface area (Å²) in [5.74, 6) is 4.57. The quantitative estimate of drug-likeness (QED) is 0.557. The van der Waals surface area contributed by atoms with Crippen LogP contribution in [0.5, 0.6) is 0 Å². The highest BCUT2D eigenvalue weighted by Gasteiger charge is 2.29. The fourth-order valence-electron chi connectivity index (χ4n) is 3.45. The summed E-state index contributed by atoms with van der Waals surface area (Å²) in [6.07, 6.45) is 7.06. The monoisotopic (exact) mass is 421 g/mol. The Morgan fingerprint density at radius 3 is 2.29 bits per heavy atom. The minimum Gasteiger partial charge on any atom is -0.478 e. The number of nitrogens with zero attached hydrogens (tertiary/aromatic N) is 5. The molecule has 0 spiro atoms. The first-order chi connectivity index (χ1) is 15.0. The lowest BCUT2D eigenvalue weighted by molar-refractivity contribution is -0.134. The summed E-state index contributed by atoms with van der Waals surface area (Å²) < 4.78 is 0. The molecule has 2 aromatic heterocycles. The van der Waals surface area contributed by atoms with Gasteiger partial charge in [-0.15, -0.1) is 10.2 Å². The van der Waals surface area contributed by atoms with E-state index in [0.717, 1.165) is 24.5 Å². The van der Waals surface area contributed by atoms with E-state index in [1.807, 2.05) is 24.3 Å². The molecule has 2 bridgehead atoms. The molecule has 2 N–H and O–H groups in total. The zero-order chi connectivity index (χ0) is 22.1. The fraction of sp³-hybridized carbons (Fsp3) is 0.318. The first-order valence-corrected chi connectivity index (χ1v) is 9.90. The number of carboxylic acids is 2. The van der Waals surface area contributed by atoms with Crippen molar-refractivity contribution in [3.63, 3.8) is 0 Å². The molecule has 0 saturated carbocycles. The number of aliphatic carboxylic acids is 2. The SMILES string of the molecule is C(#Cc1ccc(N2CCN3CCC2CC3)nn1)c1cccnc1.O=C(O)/C=C/C(=O)O. The molecule has 0 unspecified atom stereocenters. The maximum atomic E-state index is 9.55. The Balaban J connectivity index is 0.000000293. The number of carbonyl (C=O) groups is 2. The highest BCUT2D eigenvalue weighted by atomic mass is 16.4. The summed E-state index contributed by atoms with van der Waals surface area (Å²) >= 11 is 0. The van der Waals surface area contributed by atoms with Crippen LogP contribution in [0.1, 0.15) is 24.1 Å². The second-order valence-corrected chi connectivity index (χ2v) is 7.04. The molecular weight excluding hydrogens is 398 g/mol. The van der Waals surface area contributed by atoms with Gasteiger partial charge in [0.2, 0.25) is 0 Å². The van der Waals surface area contributed by atoms with E-state index in [-0.39, 0.29) is 0 Å². The molecule has 3 saturated heterocycles. The minimum absolute atomic E-state index is 0.558. The van der Waals surface area contributed by atoms with E-state index in [0.29, 0.717) is 23.9 Å². The second kappa shape index (κ2) is 10.8. The highest BCUT2D eigenvalue weighted by molar-refractivity contribution is 5.89. The van der Waals surface area contributed by atoms with Crippen molar-refractivity contribution in [1.29, 1.82) is 0 Å². The predicted molar refractivity (Wildman–Crippen MR) is 113 cm³/mol. The van der Waals surface area contributed by atoms with Crippen molar-refractivity contribution in [1.82, 2.24) is 20.1 Å². The summed E-state index contributed by atoms with van der Waals surface area (Å²) in [5.41, 5.74) is 1.58. The second-order valence-electron chi connectivity index (χ2n) is 7.04. The molecule has 0 radical (unpaired) electrons. The van der Waals surface area contributed by atoms with Crippen LogP contribution in [0.2, 0.25) is 0 Å². The molecule has 3 aliphatic heterocycles. The highest BCUT2D eigenvalue weighted by Crippen LogP contribution is 2.24. The van der Waals surface area contributed by atoms with Crippen LogP contribution in [0, 0.1) is 11.8 Å². The molecule has 31 heavy (non-hydrogen) atoms. The first-order valence-electron chi connectivity index (χ1n) is 9.90. The van der Waals surface area contributed by atoms with Gasteiger partial charge in [-0.05, 0) is 43.0 Å². The lowest BCUT2D eigenvalue weighted by atomic mass is 10.1. The zero-order valence-corrected chi connectivity index (χ0v) is 16.9. The molecule has 160 valence electrons. The number of piperidine rings is 1. The molecule has 3 aliphatic rings. The van der Waals surface area contributed by atoms with E-state index >= 15 is 0 Å². The summed E-state index contributed by atoms with van der Waals surface area (Å²) in [4.78, 5) is 28.1. The fourth-order valence-corrected chi connectivity index (χ4v) is 3.45. The van der Waals surface area contributed by atoms with E-state index in [9.17, 15) is 9.59 Å². The lowest BCUT2D eigenvalue weighted by Gasteiger charge is -2.31. The third-order valence-electron chi connectivity index (χ3n) is 4.96. The average Bonchev–Trinajstić information content (AvgIpc) is 3.12. The largest absolute Gasteiger partial charge is 0.478 e. The average molecular weight is 421 g/mol. The summed E-state index contributed by atoms with van der Waals surface area (Å²) in [7, 11) is 0. The third-order valence-corrected chi connectivity index (χ3v) is 4.96. The van der Waals surface area contributed by atoms with Crippen molar-refractivity contribution in [2.45, 2.75) is 18.9 Å². The Morgan fingerprint density at radius 1 is 0.968 bits per heavy atom. The molecule has 5 rings (SSSR count). The van der Waals surface area contributed by atoms with Gasteiger partial charge in [-0.2, -0.15) is 0 Å². The van der Waals surface area contributed by atoms with E-state index in [1.54, 1.807) is 12.4 Å². The molecule has 0 amide bonds. The number of rotatable bonds is 3. The van der Waals surface area contributed by atoms with Crippen molar-refractivity contribution in [2.24, 2.45) is 0 Å². The van der Waals surface area contributed by atoms with E-state index in [4.69, 9.17) is 10.2 Å². The van der Waals surface area contributed by atoms with Gasteiger partial charge in [-0.1, -0.05) is 5.92 Å². The van der Waals surface area contributed by atoms with Crippen LogP contribution in [0.15, 0.2) is 48.8 Å². The van der Waals surface area contributed by atoms with Gasteiger partial charge in [0.15, 0.2) is 5.82 Å². The van der Waals surface area contributed by atoms with E-state index in [2.05, 4.69) is 36.8 Å². The summed E-state index contributed by atoms with van der Waals surface area (Å²) in [6.45, 7) is 4.59. The van der Waals surface area contributed by atoms with Gasteiger partial charge >= 0.3 is 11.9 Å². The predicted octanol–water partition coefficient (Wildman–Crippen LogP) is 1.27. The maximum absolute atomic E-state index is 9.55. The van der Waals surface area contributed by atoms with Gasteiger partial charge in [-0.3, -0.25) is 4.98 Å². The molecule has 5 heterocycles. The standard InChI is InChI=1S/C18H19N5.C4H4O4/c1-2-15(14-19-9-1)3-4-16-5-6-18(21-20-16)23-13-12-22-10-7-17(23)8-11-22;5-3(6)1-2-4(7)8/h1-2,5-6,9,14,17H,7-8,10-13H2;1-2H,(H,5,6)(H,7,8)/b;2-1+. The van der Waals surface area contributed by atoms with Crippen molar-refractivity contribution < 1.29 is 19.8 Å². The van der Waals surface area contributed by atoms with Crippen molar-refractivity contribution >= 4 is 17.8 Å². The van der Waals surface area contributed by atoms with Gasteiger partial charge < -0.3 is 20.0 Å². The van der Waals surface area contributed by atoms with Crippen LogP contribution in [0.25, 0.3) is 0 Å². The van der Waals surface area contributed by atoms with Crippen molar-refractivity contribution in [3.05, 3.63) is 60.1 Å². The van der Waals surface area contributed by atoms with Gasteiger partial charge in [0.1, 0.15) is 5.69 Å². The van der Waals surface area contributed by atoms with Crippen LogP contribution < -0.4 is 4.90 Å². The molecule has 9 heteroatoms. The van der Waals surface area contributed by atoms with Crippen molar-refractivity contribution in [2.75, 3.05) is 31.1 Å². The molecule has 0 aliphatic carbocycles. The van der Waals surface area contributed by atoms with E-state index in [1.165, 1.54) is 25.9 Å². The van der Waals surface area contributed by atoms with Gasteiger partial charge in [0.25, 0.3) is 0 Å². The van der Waals surface area contributed by atoms with Crippen LogP contribution in [-0.4, -0.2) is 74.5 Å². The van der Waals surface area contributed by atoms with Crippen LogP contribution in [-0.2, 0) is 9.59 Å². The first kappa shape index (κ1) is 21.9. The Morgan fingerprint density at radius 2 is 1.71 bits per heavy atom. The maximum Gasteiger partial charge on any atom is 0.328 e. The molecule has 0 atom stereocenters. The molecule has 0 aromatic carbocycles. The molecule has 3 fully saturated rings. The number of hydrogen-bond acceptors (Lipinski definition) is 7.